The van der Waals surface area contributed by atoms with Crippen molar-refractivity contribution in [3.8, 4) is 6.07 Å². The number of hydrogen-bond acceptors (Lipinski definition) is 2. The summed E-state index contributed by atoms with van der Waals surface area (Å²) in [5, 5.41) is 9.42. The van der Waals surface area contributed by atoms with Crippen LogP contribution in [0.25, 0.3) is 0 Å². The molecule has 2 aliphatic rings. The molecule has 0 spiro atoms. The van der Waals surface area contributed by atoms with E-state index in [4.69, 9.17) is 4.74 Å². The lowest BCUT2D eigenvalue weighted by molar-refractivity contribution is -0.180. The molecule has 0 aromatic heterocycles. The number of hydrogen-bond donors (Lipinski definition) is 0. The van der Waals surface area contributed by atoms with Crippen LogP contribution < -0.4 is 0 Å². The highest BCUT2D eigenvalue weighted by Crippen LogP contribution is 2.50. The smallest absolute Gasteiger partial charge is 0.0666 e. The van der Waals surface area contributed by atoms with Gasteiger partial charge >= 0.3 is 0 Å². The van der Waals surface area contributed by atoms with Crippen LogP contribution in [0.15, 0.2) is 0 Å². The van der Waals surface area contributed by atoms with Crippen molar-refractivity contribution in [2.75, 3.05) is 13.2 Å². The van der Waals surface area contributed by atoms with Crippen LogP contribution in [0.3, 0.4) is 0 Å². The van der Waals surface area contributed by atoms with Gasteiger partial charge in [-0.2, -0.15) is 5.26 Å². The van der Waals surface area contributed by atoms with Crippen LogP contribution in [0, 0.1) is 34.5 Å². The highest BCUT2D eigenvalue weighted by molar-refractivity contribution is 5.06. The summed E-state index contributed by atoms with van der Waals surface area (Å²) in [6, 6.07) is 2.56. The van der Waals surface area contributed by atoms with Crippen molar-refractivity contribution in [1.29, 1.82) is 5.26 Å². The number of rotatable bonds is 3. The van der Waals surface area contributed by atoms with Gasteiger partial charge in [0.1, 0.15) is 0 Å². The summed E-state index contributed by atoms with van der Waals surface area (Å²) in [6.07, 6.45) is 6.71. The molecule has 1 atom stereocenters. The Kier molecular flexibility index (Phi) is 3.54. The third-order valence-electron chi connectivity index (χ3n) is 4.58. The first-order valence-corrected chi connectivity index (χ1v) is 6.68. The second-order valence-electron chi connectivity index (χ2n) is 5.91. The minimum absolute atomic E-state index is 0.185. The van der Waals surface area contributed by atoms with Gasteiger partial charge in [-0.25, -0.2) is 0 Å². The fourth-order valence-corrected chi connectivity index (χ4v) is 3.63. The molecule has 16 heavy (non-hydrogen) atoms. The Labute approximate surface area is 99.0 Å². The van der Waals surface area contributed by atoms with Crippen molar-refractivity contribution in [2.24, 2.45) is 23.2 Å². The van der Waals surface area contributed by atoms with Gasteiger partial charge in [0.25, 0.3) is 0 Å². The Balaban J connectivity index is 2.14. The molecule has 1 aliphatic carbocycles. The molecule has 0 aromatic carbocycles. The van der Waals surface area contributed by atoms with E-state index in [1.165, 1.54) is 32.1 Å². The second-order valence-corrected chi connectivity index (χ2v) is 5.91. The third kappa shape index (κ3) is 1.86. The SMILES string of the molecule is CC(C)C(C#N)C1(C2CCCCC2)COC1. The first kappa shape index (κ1) is 11.9. The maximum atomic E-state index is 9.42. The molecule has 0 radical (unpaired) electrons. The van der Waals surface area contributed by atoms with E-state index >= 15 is 0 Å². The van der Waals surface area contributed by atoms with Gasteiger partial charge in [0.05, 0.1) is 25.2 Å². The lowest BCUT2D eigenvalue weighted by atomic mass is 9.58. The van der Waals surface area contributed by atoms with Crippen molar-refractivity contribution in [3.05, 3.63) is 0 Å². The molecule has 0 N–H and O–H groups in total. The highest BCUT2D eigenvalue weighted by atomic mass is 16.5. The topological polar surface area (TPSA) is 33.0 Å². The molecule has 2 rings (SSSR count). The minimum atomic E-state index is 0.185. The zero-order valence-corrected chi connectivity index (χ0v) is 10.5. The Hall–Kier alpha value is -0.550. The normalized spacial score (nSPS) is 27.1. The molecule has 1 aliphatic heterocycles. The molecule has 2 nitrogen and oxygen atoms in total. The molecule has 1 saturated heterocycles. The average molecular weight is 221 g/mol. The number of nitrogens with zero attached hydrogens (tertiary/aromatic N) is 1. The van der Waals surface area contributed by atoms with E-state index in [0.29, 0.717) is 5.92 Å². The third-order valence-corrected chi connectivity index (χ3v) is 4.58. The minimum Gasteiger partial charge on any atom is -0.380 e. The molecule has 2 heteroatoms. The fourth-order valence-electron chi connectivity index (χ4n) is 3.63. The Morgan fingerprint density at radius 3 is 2.19 bits per heavy atom. The molecular formula is C14H23NO. The summed E-state index contributed by atoms with van der Waals surface area (Å²) < 4.78 is 5.47. The number of nitriles is 1. The van der Waals surface area contributed by atoms with E-state index in [-0.39, 0.29) is 11.3 Å². The summed E-state index contributed by atoms with van der Waals surface area (Å²) in [4.78, 5) is 0. The molecular weight excluding hydrogens is 198 g/mol. The first-order chi connectivity index (χ1) is 7.70. The molecule has 1 heterocycles. The van der Waals surface area contributed by atoms with Crippen LogP contribution in [0.4, 0.5) is 0 Å². The van der Waals surface area contributed by atoms with Crippen LogP contribution in [-0.4, -0.2) is 13.2 Å². The largest absolute Gasteiger partial charge is 0.380 e. The van der Waals surface area contributed by atoms with Crippen LogP contribution in [-0.2, 0) is 4.74 Å². The molecule has 90 valence electrons. The molecule has 2 fully saturated rings. The molecule has 1 saturated carbocycles. The van der Waals surface area contributed by atoms with E-state index < -0.39 is 0 Å². The van der Waals surface area contributed by atoms with Crippen molar-refractivity contribution in [1.82, 2.24) is 0 Å². The van der Waals surface area contributed by atoms with Gasteiger partial charge < -0.3 is 4.74 Å². The monoisotopic (exact) mass is 221 g/mol. The van der Waals surface area contributed by atoms with Gasteiger partial charge in [-0.05, 0) is 24.7 Å². The maximum absolute atomic E-state index is 9.42. The quantitative estimate of drug-likeness (QED) is 0.732. The Morgan fingerprint density at radius 2 is 1.81 bits per heavy atom. The van der Waals surface area contributed by atoms with Crippen molar-refractivity contribution < 1.29 is 4.74 Å². The van der Waals surface area contributed by atoms with Crippen molar-refractivity contribution in [2.45, 2.75) is 46.0 Å². The van der Waals surface area contributed by atoms with Gasteiger partial charge in [0, 0.05) is 5.41 Å². The van der Waals surface area contributed by atoms with Crippen LogP contribution in [0.1, 0.15) is 46.0 Å². The second kappa shape index (κ2) is 4.75. The van der Waals surface area contributed by atoms with Gasteiger partial charge in [0.15, 0.2) is 0 Å². The van der Waals surface area contributed by atoms with Gasteiger partial charge in [0.2, 0.25) is 0 Å². The first-order valence-electron chi connectivity index (χ1n) is 6.68. The van der Waals surface area contributed by atoms with E-state index in [0.717, 1.165) is 19.1 Å². The summed E-state index contributed by atoms with van der Waals surface area (Å²) in [5.74, 6) is 1.38. The van der Waals surface area contributed by atoms with Gasteiger partial charge in [-0.15, -0.1) is 0 Å². The molecule has 0 bridgehead atoms. The zero-order valence-electron chi connectivity index (χ0n) is 10.5. The lowest BCUT2D eigenvalue weighted by Crippen LogP contribution is -2.55. The molecule has 0 amide bonds. The van der Waals surface area contributed by atoms with E-state index in [1.54, 1.807) is 0 Å². The predicted octanol–water partition coefficient (Wildman–Crippen LogP) is 3.38. The molecule has 1 unspecified atom stereocenters. The van der Waals surface area contributed by atoms with Crippen LogP contribution in [0.2, 0.25) is 0 Å². The zero-order chi connectivity index (χ0) is 11.6. The standard InChI is InChI=1S/C14H23NO/c1-11(2)13(8-15)14(9-16-10-14)12-6-4-3-5-7-12/h11-13H,3-7,9-10H2,1-2H3. The van der Waals surface area contributed by atoms with Gasteiger partial charge in [-0.3, -0.25) is 0 Å². The van der Waals surface area contributed by atoms with Crippen LogP contribution in [0.5, 0.6) is 0 Å². The van der Waals surface area contributed by atoms with Gasteiger partial charge in [-0.1, -0.05) is 33.1 Å². The average Bonchev–Trinajstić information content (AvgIpc) is 2.23. The highest BCUT2D eigenvalue weighted by Gasteiger charge is 2.52. The van der Waals surface area contributed by atoms with E-state index in [2.05, 4.69) is 19.9 Å². The maximum Gasteiger partial charge on any atom is 0.0666 e. The summed E-state index contributed by atoms with van der Waals surface area (Å²) in [5.41, 5.74) is 0.198. The van der Waals surface area contributed by atoms with Crippen LogP contribution >= 0.6 is 0 Å². The van der Waals surface area contributed by atoms with E-state index in [9.17, 15) is 5.26 Å². The predicted molar refractivity (Wildman–Crippen MR) is 63.8 cm³/mol. The summed E-state index contributed by atoms with van der Waals surface area (Å²) in [6.45, 7) is 6.01. The number of ether oxygens (including phenoxy) is 1. The summed E-state index contributed by atoms with van der Waals surface area (Å²) >= 11 is 0. The molecule has 0 aromatic rings. The van der Waals surface area contributed by atoms with Crippen molar-refractivity contribution >= 4 is 0 Å². The van der Waals surface area contributed by atoms with Crippen molar-refractivity contribution in [3.63, 3.8) is 0 Å². The summed E-state index contributed by atoms with van der Waals surface area (Å²) in [7, 11) is 0. The fraction of sp³-hybridized carbons (Fsp3) is 0.929. The Bertz CT molecular complexity index is 269. The Morgan fingerprint density at radius 1 is 1.19 bits per heavy atom. The van der Waals surface area contributed by atoms with E-state index in [1.807, 2.05) is 0 Å². The lowest BCUT2D eigenvalue weighted by Gasteiger charge is -2.52.